The number of halogens is 1. The first kappa shape index (κ1) is 15.5. The summed E-state index contributed by atoms with van der Waals surface area (Å²) in [5, 5.41) is 12.7. The quantitative estimate of drug-likeness (QED) is 0.805. The normalized spacial score (nSPS) is 11.0. The predicted molar refractivity (Wildman–Crippen MR) is 86.0 cm³/mol. The minimum atomic E-state index is 0.868. The maximum Gasteiger partial charge on any atom is 0.195 e. The van der Waals surface area contributed by atoms with Crippen molar-refractivity contribution in [1.29, 1.82) is 0 Å². The summed E-state index contributed by atoms with van der Waals surface area (Å²) in [5.41, 5.74) is 1.28. The number of benzene rings is 1. The first-order valence-electron chi connectivity index (χ1n) is 6.64. The highest BCUT2D eigenvalue weighted by molar-refractivity contribution is 9.10. The van der Waals surface area contributed by atoms with Crippen molar-refractivity contribution in [2.24, 2.45) is 7.05 Å². The fourth-order valence-corrected chi connectivity index (χ4v) is 3.11. The molecule has 4 nitrogen and oxygen atoms in total. The van der Waals surface area contributed by atoms with Crippen molar-refractivity contribution in [3.63, 3.8) is 0 Å². The average molecular weight is 355 g/mol. The maximum atomic E-state index is 4.21. The van der Waals surface area contributed by atoms with E-state index in [4.69, 9.17) is 0 Å². The van der Waals surface area contributed by atoms with Crippen molar-refractivity contribution < 1.29 is 0 Å². The van der Waals surface area contributed by atoms with Crippen molar-refractivity contribution in [3.05, 3.63) is 34.1 Å². The Morgan fingerprint density at radius 1 is 1.35 bits per heavy atom. The van der Waals surface area contributed by atoms with E-state index in [1.807, 2.05) is 18.5 Å². The van der Waals surface area contributed by atoms with Gasteiger partial charge in [-0.2, -0.15) is 0 Å². The zero-order valence-electron chi connectivity index (χ0n) is 12.0. The molecular formula is C14H19BrN4S. The summed E-state index contributed by atoms with van der Waals surface area (Å²) in [7, 11) is 1.99. The van der Waals surface area contributed by atoms with Crippen LogP contribution in [0.2, 0.25) is 0 Å². The predicted octanol–water partition coefficient (Wildman–Crippen LogP) is 3.54. The van der Waals surface area contributed by atoms with Gasteiger partial charge in [0.1, 0.15) is 5.82 Å². The maximum absolute atomic E-state index is 4.21. The Balaban J connectivity index is 2.19. The molecular weight excluding hydrogens is 336 g/mol. The number of nitrogens with one attached hydrogen (secondary N) is 1. The van der Waals surface area contributed by atoms with Crippen molar-refractivity contribution in [2.45, 2.75) is 36.9 Å². The molecule has 0 radical (unpaired) electrons. The third kappa shape index (κ3) is 3.84. The molecule has 0 fully saturated rings. The minimum Gasteiger partial charge on any atom is -0.313 e. The molecule has 0 saturated heterocycles. The van der Waals surface area contributed by atoms with Gasteiger partial charge in [-0.15, -0.1) is 10.2 Å². The van der Waals surface area contributed by atoms with Gasteiger partial charge in [-0.05, 0) is 55.4 Å². The van der Waals surface area contributed by atoms with E-state index in [0.717, 1.165) is 35.0 Å². The van der Waals surface area contributed by atoms with E-state index in [9.17, 15) is 0 Å². The van der Waals surface area contributed by atoms with Gasteiger partial charge in [0.25, 0.3) is 0 Å². The summed E-state index contributed by atoms with van der Waals surface area (Å²) in [6, 6.07) is 6.35. The molecule has 0 aliphatic rings. The van der Waals surface area contributed by atoms with Crippen LogP contribution in [0.5, 0.6) is 0 Å². The monoisotopic (exact) mass is 354 g/mol. The minimum absolute atomic E-state index is 0.868. The fourth-order valence-electron chi connectivity index (χ4n) is 1.76. The molecule has 1 N–H and O–H groups in total. The number of aryl methyl sites for hydroxylation is 1. The van der Waals surface area contributed by atoms with Crippen LogP contribution >= 0.6 is 27.7 Å². The third-order valence-corrected chi connectivity index (χ3v) is 4.67. The van der Waals surface area contributed by atoms with Gasteiger partial charge in [0.2, 0.25) is 0 Å². The fraction of sp³-hybridized carbons (Fsp3) is 0.429. The second-order valence-electron chi connectivity index (χ2n) is 4.62. The Bertz CT molecular complexity index is 583. The van der Waals surface area contributed by atoms with E-state index < -0.39 is 0 Å². The lowest BCUT2D eigenvalue weighted by molar-refractivity contribution is 0.668. The molecule has 0 aliphatic carbocycles. The summed E-state index contributed by atoms with van der Waals surface area (Å²) in [5.74, 6) is 0.926. The van der Waals surface area contributed by atoms with Crippen molar-refractivity contribution in [3.8, 4) is 0 Å². The van der Waals surface area contributed by atoms with Crippen LogP contribution in [0.3, 0.4) is 0 Å². The van der Waals surface area contributed by atoms with E-state index in [-0.39, 0.29) is 0 Å². The van der Waals surface area contributed by atoms with E-state index >= 15 is 0 Å². The van der Waals surface area contributed by atoms with Crippen molar-refractivity contribution >= 4 is 27.7 Å². The first-order valence-corrected chi connectivity index (χ1v) is 8.25. The number of hydrogen-bond acceptors (Lipinski definition) is 4. The number of aromatic nitrogens is 3. The van der Waals surface area contributed by atoms with Crippen LogP contribution in [0.25, 0.3) is 0 Å². The summed E-state index contributed by atoms with van der Waals surface area (Å²) >= 11 is 5.20. The Labute approximate surface area is 132 Å². The molecule has 1 heterocycles. The lowest BCUT2D eigenvalue weighted by Crippen LogP contribution is -2.14. The third-order valence-electron chi connectivity index (χ3n) is 3.02. The standard InChI is InChI=1S/C14H19BrN4S/c1-4-7-16-9-11-8-12(15)5-6-13(11)20-14-18-17-10(2)19(14)3/h5-6,8,16H,4,7,9H2,1-3H3. The van der Waals surface area contributed by atoms with Gasteiger partial charge < -0.3 is 9.88 Å². The van der Waals surface area contributed by atoms with Crippen molar-refractivity contribution in [1.82, 2.24) is 20.1 Å². The number of rotatable bonds is 6. The summed E-state index contributed by atoms with van der Waals surface area (Å²) in [4.78, 5) is 1.22. The molecule has 108 valence electrons. The van der Waals surface area contributed by atoms with Gasteiger partial charge in [-0.1, -0.05) is 22.9 Å². The molecule has 6 heteroatoms. The number of nitrogens with zero attached hydrogens (tertiary/aromatic N) is 3. The van der Waals surface area contributed by atoms with Crippen molar-refractivity contribution in [2.75, 3.05) is 6.54 Å². The van der Waals surface area contributed by atoms with Crippen LogP contribution in [-0.4, -0.2) is 21.3 Å². The molecule has 2 aromatic rings. The molecule has 2 rings (SSSR count). The molecule has 0 unspecified atom stereocenters. The van der Waals surface area contributed by atoms with Gasteiger partial charge >= 0.3 is 0 Å². The van der Waals surface area contributed by atoms with Crippen LogP contribution < -0.4 is 5.32 Å². The first-order chi connectivity index (χ1) is 9.61. The van der Waals surface area contributed by atoms with Crippen LogP contribution in [0.4, 0.5) is 0 Å². The van der Waals surface area contributed by atoms with Gasteiger partial charge in [0.05, 0.1) is 0 Å². The highest BCUT2D eigenvalue weighted by Crippen LogP contribution is 2.31. The highest BCUT2D eigenvalue weighted by Gasteiger charge is 2.10. The van der Waals surface area contributed by atoms with E-state index in [2.05, 4.69) is 56.6 Å². The molecule has 0 spiro atoms. The Hall–Kier alpha value is -0.850. The van der Waals surface area contributed by atoms with Crippen LogP contribution in [0, 0.1) is 6.92 Å². The molecule has 0 amide bonds. The van der Waals surface area contributed by atoms with E-state index in [1.165, 1.54) is 10.5 Å². The second kappa shape index (κ2) is 7.24. The number of hydrogen-bond donors (Lipinski definition) is 1. The molecule has 20 heavy (non-hydrogen) atoms. The Morgan fingerprint density at radius 3 is 2.80 bits per heavy atom. The molecule has 1 aromatic heterocycles. The summed E-state index contributed by atoms with van der Waals surface area (Å²) in [6.07, 6.45) is 1.14. The molecule has 0 aliphatic heterocycles. The average Bonchev–Trinajstić information content (AvgIpc) is 2.74. The van der Waals surface area contributed by atoms with E-state index in [1.54, 1.807) is 11.8 Å². The lowest BCUT2D eigenvalue weighted by atomic mass is 10.2. The smallest absolute Gasteiger partial charge is 0.195 e. The van der Waals surface area contributed by atoms with E-state index in [0.29, 0.717) is 0 Å². The summed E-state index contributed by atoms with van der Waals surface area (Å²) in [6.45, 7) is 6.03. The Morgan fingerprint density at radius 2 is 2.15 bits per heavy atom. The van der Waals surface area contributed by atoms with Gasteiger partial charge in [-0.3, -0.25) is 0 Å². The zero-order valence-corrected chi connectivity index (χ0v) is 14.4. The molecule has 1 aromatic carbocycles. The molecule has 0 bridgehead atoms. The highest BCUT2D eigenvalue weighted by atomic mass is 79.9. The SMILES string of the molecule is CCCNCc1cc(Br)ccc1Sc1nnc(C)n1C. The largest absolute Gasteiger partial charge is 0.313 e. The van der Waals surface area contributed by atoms with Crippen LogP contribution in [-0.2, 0) is 13.6 Å². The topological polar surface area (TPSA) is 42.7 Å². The summed E-state index contributed by atoms with van der Waals surface area (Å²) < 4.78 is 3.11. The van der Waals surface area contributed by atoms with Crippen LogP contribution in [0.15, 0.2) is 32.7 Å². The second-order valence-corrected chi connectivity index (χ2v) is 6.54. The Kier molecular flexibility index (Phi) is 5.63. The lowest BCUT2D eigenvalue weighted by Gasteiger charge is -2.10. The van der Waals surface area contributed by atoms with Gasteiger partial charge in [0.15, 0.2) is 5.16 Å². The van der Waals surface area contributed by atoms with Gasteiger partial charge in [-0.25, -0.2) is 0 Å². The zero-order chi connectivity index (χ0) is 14.5. The molecule has 0 saturated carbocycles. The molecule has 0 atom stereocenters. The van der Waals surface area contributed by atoms with Crippen LogP contribution in [0.1, 0.15) is 24.7 Å². The van der Waals surface area contributed by atoms with Gasteiger partial charge in [0, 0.05) is 23.0 Å².